The summed E-state index contributed by atoms with van der Waals surface area (Å²) in [6.45, 7) is 10.8. The first kappa shape index (κ1) is 34.0. The molecular weight excluding hydrogens is 593 g/mol. The Balaban J connectivity index is 0.000000646. The van der Waals surface area contributed by atoms with Crippen LogP contribution in [0.15, 0.2) is 35.4 Å². The third kappa shape index (κ3) is 9.49. The molecule has 2 unspecified atom stereocenters. The smallest absolute Gasteiger partial charge is 0.475 e. The number of hydrogen-bond donors (Lipinski definition) is 3. The Bertz CT molecular complexity index is 1460. The number of aryl methyl sites for hydroxylation is 1. The van der Waals surface area contributed by atoms with E-state index in [4.69, 9.17) is 24.4 Å². The first-order valence-electron chi connectivity index (χ1n) is 13.7. The van der Waals surface area contributed by atoms with Gasteiger partial charge in [0, 0.05) is 38.3 Å². The lowest BCUT2D eigenvalue weighted by molar-refractivity contribution is -0.192. The molecular formula is C27H37F3N6O6S. The second kappa shape index (κ2) is 14.8. The normalized spacial score (nSPS) is 16.1. The molecule has 0 bridgehead atoms. The molecule has 1 aliphatic rings. The number of alkyl halides is 3. The van der Waals surface area contributed by atoms with Gasteiger partial charge in [0.1, 0.15) is 5.82 Å². The third-order valence-corrected chi connectivity index (χ3v) is 8.29. The summed E-state index contributed by atoms with van der Waals surface area (Å²) in [6, 6.07) is 7.00. The first-order chi connectivity index (χ1) is 20.2. The van der Waals surface area contributed by atoms with E-state index >= 15 is 0 Å². The molecule has 1 saturated heterocycles. The molecule has 16 heteroatoms. The van der Waals surface area contributed by atoms with Crippen molar-refractivity contribution in [2.24, 2.45) is 5.92 Å². The van der Waals surface area contributed by atoms with Gasteiger partial charge in [0.25, 0.3) is 0 Å². The molecule has 3 aromatic rings. The molecule has 3 heterocycles. The van der Waals surface area contributed by atoms with Crippen LogP contribution < -0.4 is 10.6 Å². The number of carbonyl (C=O) groups is 1. The van der Waals surface area contributed by atoms with Crippen LogP contribution >= 0.6 is 0 Å². The monoisotopic (exact) mass is 630 g/mol. The number of sulfone groups is 1. The molecule has 1 aliphatic heterocycles. The van der Waals surface area contributed by atoms with Crippen molar-refractivity contribution in [1.82, 2.24) is 19.7 Å². The van der Waals surface area contributed by atoms with Gasteiger partial charge in [0.2, 0.25) is 5.95 Å². The van der Waals surface area contributed by atoms with E-state index in [1.807, 2.05) is 32.4 Å². The van der Waals surface area contributed by atoms with Gasteiger partial charge < -0.3 is 25.2 Å². The number of halogens is 3. The Morgan fingerprint density at radius 3 is 2.44 bits per heavy atom. The van der Waals surface area contributed by atoms with Crippen LogP contribution in [0.25, 0.3) is 11.0 Å². The molecule has 3 N–H and O–H groups in total. The van der Waals surface area contributed by atoms with E-state index in [1.54, 1.807) is 30.5 Å². The minimum Gasteiger partial charge on any atom is -0.475 e. The SMILES string of the molecule is CCOC(CNc1nc(NCCS(=O)(=O)c2ccc(C)cc2)c2cnn(C(C)C)c2n1)C1CCOC1.O=C(O)C(F)(F)F. The summed E-state index contributed by atoms with van der Waals surface area (Å²) in [7, 11) is -3.43. The molecule has 0 aliphatic carbocycles. The van der Waals surface area contributed by atoms with Gasteiger partial charge in [-0.2, -0.15) is 28.2 Å². The maximum atomic E-state index is 12.8. The zero-order valence-electron chi connectivity index (χ0n) is 24.4. The Morgan fingerprint density at radius 1 is 1.21 bits per heavy atom. The first-order valence-corrected chi connectivity index (χ1v) is 15.4. The number of ether oxygens (including phenoxy) is 2. The molecule has 0 radical (unpaired) electrons. The summed E-state index contributed by atoms with van der Waals surface area (Å²) in [5.74, 6) is -1.50. The molecule has 2 atom stereocenters. The lowest BCUT2D eigenvalue weighted by atomic mass is 10.0. The summed E-state index contributed by atoms with van der Waals surface area (Å²) in [4.78, 5) is 18.6. The van der Waals surface area contributed by atoms with E-state index in [2.05, 4.69) is 20.7 Å². The molecule has 1 fully saturated rings. The van der Waals surface area contributed by atoms with E-state index in [0.717, 1.165) is 24.0 Å². The second-order valence-electron chi connectivity index (χ2n) is 10.2. The van der Waals surface area contributed by atoms with E-state index < -0.39 is 22.0 Å². The quantitative estimate of drug-likeness (QED) is 0.265. The minimum atomic E-state index is -5.08. The van der Waals surface area contributed by atoms with E-state index in [9.17, 15) is 21.6 Å². The van der Waals surface area contributed by atoms with Gasteiger partial charge in [-0.05, 0) is 46.2 Å². The van der Waals surface area contributed by atoms with Crippen LogP contribution in [0.5, 0.6) is 0 Å². The minimum absolute atomic E-state index is 0.0112. The molecule has 0 saturated carbocycles. The maximum Gasteiger partial charge on any atom is 0.490 e. The second-order valence-corrected chi connectivity index (χ2v) is 12.3. The van der Waals surface area contributed by atoms with Gasteiger partial charge in [0.05, 0.1) is 34.9 Å². The number of rotatable bonds is 12. The van der Waals surface area contributed by atoms with Crippen LogP contribution in [0.2, 0.25) is 0 Å². The number of carboxylic acid groups (broad SMARTS) is 1. The van der Waals surface area contributed by atoms with Crippen molar-refractivity contribution in [3.8, 4) is 0 Å². The van der Waals surface area contributed by atoms with Crippen molar-refractivity contribution in [2.45, 2.75) is 57.3 Å². The van der Waals surface area contributed by atoms with Crippen molar-refractivity contribution in [3.63, 3.8) is 0 Å². The highest BCUT2D eigenvalue weighted by atomic mass is 32.2. The van der Waals surface area contributed by atoms with Crippen molar-refractivity contribution in [1.29, 1.82) is 0 Å². The number of carboxylic acids is 1. The lowest BCUT2D eigenvalue weighted by Gasteiger charge is -2.23. The van der Waals surface area contributed by atoms with Gasteiger partial charge >= 0.3 is 12.1 Å². The maximum absolute atomic E-state index is 12.8. The average Bonchev–Trinajstić information content (AvgIpc) is 3.62. The topological polar surface area (TPSA) is 158 Å². The van der Waals surface area contributed by atoms with Gasteiger partial charge in [-0.1, -0.05) is 17.7 Å². The van der Waals surface area contributed by atoms with Crippen molar-refractivity contribution < 1.29 is 41.0 Å². The van der Waals surface area contributed by atoms with E-state index in [0.29, 0.717) is 48.0 Å². The molecule has 2 aromatic heterocycles. The van der Waals surface area contributed by atoms with Crippen LogP contribution in [-0.4, -0.2) is 90.2 Å². The summed E-state index contributed by atoms with van der Waals surface area (Å²) < 4.78 is 70.7. The van der Waals surface area contributed by atoms with Gasteiger partial charge in [-0.3, -0.25) is 0 Å². The van der Waals surface area contributed by atoms with Gasteiger partial charge in [-0.15, -0.1) is 0 Å². The zero-order chi connectivity index (χ0) is 31.8. The number of aliphatic carboxylic acids is 1. The highest BCUT2D eigenvalue weighted by molar-refractivity contribution is 7.91. The summed E-state index contributed by atoms with van der Waals surface area (Å²) in [5.41, 5.74) is 1.70. The fraction of sp³-hybridized carbons (Fsp3) is 0.556. The van der Waals surface area contributed by atoms with Gasteiger partial charge in [-0.25, -0.2) is 17.9 Å². The van der Waals surface area contributed by atoms with Gasteiger partial charge in [0.15, 0.2) is 15.5 Å². The average molecular weight is 631 g/mol. The number of fused-ring (bicyclic) bond motifs is 1. The fourth-order valence-electron chi connectivity index (χ4n) is 4.30. The van der Waals surface area contributed by atoms with Crippen LogP contribution in [-0.2, 0) is 24.1 Å². The Hall–Kier alpha value is -3.50. The number of nitrogens with one attached hydrogen (secondary N) is 2. The number of benzene rings is 1. The van der Waals surface area contributed by atoms with Crippen LogP contribution in [0.3, 0.4) is 0 Å². The summed E-state index contributed by atoms with van der Waals surface area (Å²) in [6.07, 6.45) is -2.41. The highest BCUT2D eigenvalue weighted by Gasteiger charge is 2.38. The number of aromatic nitrogens is 4. The lowest BCUT2D eigenvalue weighted by Crippen LogP contribution is -2.32. The Kier molecular flexibility index (Phi) is 11.7. The Labute approximate surface area is 247 Å². The predicted molar refractivity (Wildman–Crippen MR) is 154 cm³/mol. The van der Waals surface area contributed by atoms with E-state index in [1.165, 1.54) is 0 Å². The summed E-state index contributed by atoms with van der Waals surface area (Å²) >= 11 is 0. The molecule has 0 spiro atoms. The largest absolute Gasteiger partial charge is 0.490 e. The zero-order valence-corrected chi connectivity index (χ0v) is 25.2. The number of nitrogens with zero attached hydrogens (tertiary/aromatic N) is 4. The molecule has 0 amide bonds. The van der Waals surface area contributed by atoms with Crippen LogP contribution in [0, 0.1) is 12.8 Å². The predicted octanol–water partition coefficient (Wildman–Crippen LogP) is 4.09. The van der Waals surface area contributed by atoms with E-state index in [-0.39, 0.29) is 24.4 Å². The van der Waals surface area contributed by atoms with Crippen LogP contribution in [0.4, 0.5) is 24.9 Å². The number of anilines is 2. The standard InChI is InChI=1S/C25H36N6O4S.C2HF3O2/c1-5-35-22(19-10-12-34-16-19)15-27-25-29-23(21-14-28-31(17(2)3)24(21)30-25)26-11-13-36(32,33)20-8-6-18(4)7-9-20;3-2(4,5)1(6)7/h6-9,14,17,19,22H,5,10-13,15-16H2,1-4H3,(H2,26,27,29,30);(H,6,7). The van der Waals surface area contributed by atoms with Crippen molar-refractivity contribution >= 4 is 38.6 Å². The Morgan fingerprint density at radius 2 is 1.88 bits per heavy atom. The summed E-state index contributed by atoms with van der Waals surface area (Å²) in [5, 5.41) is 18.9. The fourth-order valence-corrected chi connectivity index (χ4v) is 5.46. The molecule has 12 nitrogen and oxygen atoms in total. The number of hydrogen-bond acceptors (Lipinski definition) is 10. The van der Waals surface area contributed by atoms with Crippen molar-refractivity contribution in [2.75, 3.05) is 49.3 Å². The molecule has 4 rings (SSSR count). The molecule has 1 aromatic carbocycles. The van der Waals surface area contributed by atoms with Crippen LogP contribution in [0.1, 0.15) is 38.8 Å². The molecule has 43 heavy (non-hydrogen) atoms. The van der Waals surface area contributed by atoms with Crippen molar-refractivity contribution in [3.05, 3.63) is 36.0 Å². The molecule has 238 valence electrons. The highest BCUT2D eigenvalue weighted by Crippen LogP contribution is 2.25. The third-order valence-electron chi connectivity index (χ3n) is 6.56.